The number of aryl methyl sites for hydroxylation is 1. The Bertz CT molecular complexity index is 1280. The highest BCUT2D eigenvalue weighted by molar-refractivity contribution is 7.17. The summed E-state index contributed by atoms with van der Waals surface area (Å²) in [6.45, 7) is 4.47. The molecule has 0 spiro atoms. The monoisotopic (exact) mass is 555 g/mol. The second kappa shape index (κ2) is 11.1. The standard InChI is InChI=1S/C23H24Cl2FN5O4S/c1-4-35-22(33)20-19(17-12(26)6-5-8-27-17)30-23(36-20)31-9-7-13(14(10-31)34-3)29-21(32)18-16(25)15(24)11(2)28-18/h5-6,8,13-14,28H,4,7,9-10H2,1-3H3,(H,29,32). The SMILES string of the molecule is CCOC(=O)c1sc(N2CCC(NC(=O)c3[nH]c(C)c(Cl)c3Cl)C(OC)C2)nc1-c1ncccc1F. The van der Waals surface area contributed by atoms with E-state index in [1.54, 1.807) is 21.0 Å². The second-order valence-corrected chi connectivity index (χ2v) is 9.80. The van der Waals surface area contributed by atoms with Gasteiger partial charge in [-0.1, -0.05) is 34.5 Å². The summed E-state index contributed by atoms with van der Waals surface area (Å²) in [5.74, 6) is -1.57. The van der Waals surface area contributed by atoms with Crippen LogP contribution in [-0.4, -0.2) is 65.8 Å². The van der Waals surface area contributed by atoms with Gasteiger partial charge in [0, 0.05) is 32.1 Å². The molecule has 1 saturated heterocycles. The molecule has 0 bridgehead atoms. The first-order chi connectivity index (χ1) is 17.2. The summed E-state index contributed by atoms with van der Waals surface area (Å²) >= 11 is 13.4. The van der Waals surface area contributed by atoms with E-state index < -0.39 is 17.9 Å². The Morgan fingerprint density at radius 1 is 1.33 bits per heavy atom. The van der Waals surface area contributed by atoms with Crippen molar-refractivity contribution in [1.29, 1.82) is 0 Å². The van der Waals surface area contributed by atoms with E-state index in [2.05, 4.69) is 20.3 Å². The van der Waals surface area contributed by atoms with E-state index in [-0.39, 0.29) is 45.5 Å². The van der Waals surface area contributed by atoms with Crippen LogP contribution < -0.4 is 10.2 Å². The molecule has 192 valence electrons. The normalized spacial score (nSPS) is 17.8. The number of methoxy groups -OCH3 is 1. The number of ether oxygens (including phenoxy) is 2. The number of carbonyl (C=O) groups is 2. The molecule has 4 rings (SSSR count). The first-order valence-corrected chi connectivity index (χ1v) is 12.7. The Labute approximate surface area is 220 Å². The molecule has 36 heavy (non-hydrogen) atoms. The highest BCUT2D eigenvalue weighted by Crippen LogP contribution is 2.35. The van der Waals surface area contributed by atoms with Crippen molar-refractivity contribution in [2.75, 3.05) is 31.7 Å². The van der Waals surface area contributed by atoms with Crippen molar-refractivity contribution in [3.8, 4) is 11.4 Å². The van der Waals surface area contributed by atoms with Crippen molar-refractivity contribution in [2.24, 2.45) is 0 Å². The van der Waals surface area contributed by atoms with Gasteiger partial charge in [-0.25, -0.2) is 14.2 Å². The number of nitrogens with zero attached hydrogens (tertiary/aromatic N) is 3. The quantitative estimate of drug-likeness (QED) is 0.413. The zero-order valence-electron chi connectivity index (χ0n) is 19.7. The van der Waals surface area contributed by atoms with Gasteiger partial charge in [-0.2, -0.15) is 0 Å². The molecule has 4 heterocycles. The molecule has 13 heteroatoms. The molecule has 9 nitrogen and oxygen atoms in total. The van der Waals surface area contributed by atoms with Crippen LogP contribution in [0.1, 0.15) is 39.2 Å². The van der Waals surface area contributed by atoms with E-state index in [0.29, 0.717) is 35.4 Å². The number of aromatic nitrogens is 3. The van der Waals surface area contributed by atoms with Crippen molar-refractivity contribution >= 4 is 51.5 Å². The Kier molecular flexibility index (Phi) is 8.13. The predicted molar refractivity (Wildman–Crippen MR) is 136 cm³/mol. The van der Waals surface area contributed by atoms with Crippen LogP contribution in [0.4, 0.5) is 9.52 Å². The van der Waals surface area contributed by atoms with Gasteiger partial charge >= 0.3 is 5.97 Å². The summed E-state index contributed by atoms with van der Waals surface area (Å²) < 4.78 is 25.3. The fourth-order valence-corrected chi connectivity index (χ4v) is 5.37. The lowest BCUT2D eigenvalue weighted by Crippen LogP contribution is -2.55. The van der Waals surface area contributed by atoms with Gasteiger partial charge in [0.15, 0.2) is 10.9 Å². The summed E-state index contributed by atoms with van der Waals surface area (Å²) in [5.41, 5.74) is 0.901. The van der Waals surface area contributed by atoms with Gasteiger partial charge in [0.05, 0.1) is 28.8 Å². The van der Waals surface area contributed by atoms with E-state index >= 15 is 0 Å². The molecule has 1 aliphatic heterocycles. The summed E-state index contributed by atoms with van der Waals surface area (Å²) in [5, 5.41) is 3.93. The Morgan fingerprint density at radius 3 is 2.75 bits per heavy atom. The molecule has 2 N–H and O–H groups in total. The largest absolute Gasteiger partial charge is 0.462 e. The third kappa shape index (κ3) is 5.19. The molecule has 0 radical (unpaired) electrons. The Morgan fingerprint density at radius 2 is 2.11 bits per heavy atom. The van der Waals surface area contributed by atoms with Gasteiger partial charge in [-0.05, 0) is 32.4 Å². The number of thiazole rings is 1. The van der Waals surface area contributed by atoms with Crippen LogP contribution in [-0.2, 0) is 9.47 Å². The number of H-pyrrole nitrogens is 1. The minimum atomic E-state index is -0.594. The van der Waals surface area contributed by atoms with Crippen LogP contribution in [0, 0.1) is 12.7 Å². The zero-order chi connectivity index (χ0) is 26.0. The summed E-state index contributed by atoms with van der Waals surface area (Å²) in [7, 11) is 1.55. The van der Waals surface area contributed by atoms with E-state index in [1.165, 1.54) is 18.3 Å². The Hall–Kier alpha value is -2.73. The minimum absolute atomic E-state index is 0.0229. The van der Waals surface area contributed by atoms with Gasteiger partial charge < -0.3 is 24.7 Å². The molecule has 3 aromatic heterocycles. The van der Waals surface area contributed by atoms with Crippen molar-refractivity contribution in [1.82, 2.24) is 20.3 Å². The number of anilines is 1. The molecule has 0 aliphatic carbocycles. The number of piperidine rings is 1. The third-order valence-corrected chi connectivity index (χ3v) is 7.83. The van der Waals surface area contributed by atoms with Crippen LogP contribution in [0.2, 0.25) is 10.0 Å². The number of carbonyl (C=O) groups excluding carboxylic acids is 2. The van der Waals surface area contributed by atoms with Crippen LogP contribution in [0.5, 0.6) is 0 Å². The minimum Gasteiger partial charge on any atom is -0.462 e. The fraction of sp³-hybridized carbons (Fsp3) is 0.391. The lowest BCUT2D eigenvalue weighted by atomic mass is 10.0. The number of halogens is 3. The van der Waals surface area contributed by atoms with Gasteiger partial charge in [-0.15, -0.1) is 0 Å². The van der Waals surface area contributed by atoms with Gasteiger partial charge in [-0.3, -0.25) is 9.78 Å². The molecule has 1 amide bonds. The topological polar surface area (TPSA) is 109 Å². The molecule has 3 aromatic rings. The zero-order valence-corrected chi connectivity index (χ0v) is 22.1. The molecule has 2 unspecified atom stereocenters. The molecule has 1 aliphatic rings. The number of rotatable bonds is 7. The number of hydrogen-bond donors (Lipinski definition) is 2. The highest BCUT2D eigenvalue weighted by atomic mass is 35.5. The molecular formula is C23H24Cl2FN5O4S. The molecule has 1 fully saturated rings. The molecular weight excluding hydrogens is 532 g/mol. The predicted octanol–water partition coefficient (Wildman–Crippen LogP) is 4.49. The molecule has 0 saturated carbocycles. The third-order valence-electron chi connectivity index (χ3n) is 5.79. The summed E-state index contributed by atoms with van der Waals surface area (Å²) in [6.07, 6.45) is 1.57. The van der Waals surface area contributed by atoms with Gasteiger partial charge in [0.25, 0.3) is 5.91 Å². The van der Waals surface area contributed by atoms with Crippen LogP contribution in [0.15, 0.2) is 18.3 Å². The van der Waals surface area contributed by atoms with Crippen molar-refractivity contribution in [3.05, 3.63) is 50.5 Å². The maximum atomic E-state index is 14.5. The van der Waals surface area contributed by atoms with E-state index in [4.69, 9.17) is 32.7 Å². The smallest absolute Gasteiger partial charge is 0.350 e. The highest BCUT2D eigenvalue weighted by Gasteiger charge is 2.34. The van der Waals surface area contributed by atoms with Gasteiger partial charge in [0.2, 0.25) is 0 Å². The summed E-state index contributed by atoms with van der Waals surface area (Å²) in [4.78, 5) is 39.1. The van der Waals surface area contributed by atoms with Crippen LogP contribution in [0.3, 0.4) is 0 Å². The first kappa shape index (κ1) is 26.3. The number of nitrogens with one attached hydrogen (secondary N) is 2. The van der Waals surface area contributed by atoms with E-state index in [9.17, 15) is 14.0 Å². The van der Waals surface area contributed by atoms with Crippen LogP contribution >= 0.6 is 34.5 Å². The fourth-order valence-electron chi connectivity index (χ4n) is 3.96. The molecule has 0 aromatic carbocycles. The lowest BCUT2D eigenvalue weighted by molar-refractivity contribution is 0.0531. The number of pyridine rings is 1. The van der Waals surface area contributed by atoms with E-state index in [1.807, 2.05) is 4.90 Å². The lowest BCUT2D eigenvalue weighted by Gasteiger charge is -2.37. The Balaban J connectivity index is 1.55. The maximum absolute atomic E-state index is 14.5. The second-order valence-electron chi connectivity index (χ2n) is 8.07. The average molecular weight is 556 g/mol. The van der Waals surface area contributed by atoms with Crippen molar-refractivity contribution in [3.63, 3.8) is 0 Å². The number of aromatic amines is 1. The summed E-state index contributed by atoms with van der Waals surface area (Å²) in [6, 6.07) is 2.42. The number of esters is 1. The maximum Gasteiger partial charge on any atom is 0.350 e. The average Bonchev–Trinajstić information content (AvgIpc) is 3.42. The van der Waals surface area contributed by atoms with Crippen LogP contribution in [0.25, 0.3) is 11.4 Å². The number of hydrogen-bond acceptors (Lipinski definition) is 8. The van der Waals surface area contributed by atoms with Gasteiger partial charge in [0.1, 0.15) is 22.0 Å². The van der Waals surface area contributed by atoms with Crippen molar-refractivity contribution < 1.29 is 23.5 Å². The number of amides is 1. The molecule has 2 atom stereocenters. The first-order valence-electron chi connectivity index (χ1n) is 11.2. The van der Waals surface area contributed by atoms with E-state index in [0.717, 1.165) is 11.3 Å². The van der Waals surface area contributed by atoms with Crippen molar-refractivity contribution in [2.45, 2.75) is 32.4 Å².